The van der Waals surface area contributed by atoms with E-state index in [1.807, 2.05) is 28.4 Å². The summed E-state index contributed by atoms with van der Waals surface area (Å²) < 4.78 is 1.82. The second kappa shape index (κ2) is 5.84. The Morgan fingerprint density at radius 1 is 1.27 bits per heavy atom. The highest BCUT2D eigenvalue weighted by molar-refractivity contribution is 7.09. The number of fused-ring (bicyclic) bond motifs is 1. The summed E-state index contributed by atoms with van der Waals surface area (Å²) in [5.74, 6) is 0.738. The van der Waals surface area contributed by atoms with E-state index >= 15 is 0 Å². The van der Waals surface area contributed by atoms with Gasteiger partial charge in [0.25, 0.3) is 0 Å². The average molecular weight is 312 g/mol. The van der Waals surface area contributed by atoms with Gasteiger partial charge < -0.3 is 5.32 Å². The van der Waals surface area contributed by atoms with Gasteiger partial charge in [0.05, 0.1) is 17.7 Å². The molecule has 7 heteroatoms. The largest absolute Gasteiger partial charge is 0.350 e. The second-order valence-corrected chi connectivity index (χ2v) is 6.39. The molecule has 0 amide bonds. The normalized spacial score (nSPS) is 17.2. The predicted molar refractivity (Wildman–Crippen MR) is 84.9 cm³/mol. The van der Waals surface area contributed by atoms with E-state index in [1.165, 1.54) is 16.1 Å². The number of rotatable bonds is 4. The van der Waals surface area contributed by atoms with Gasteiger partial charge in [-0.1, -0.05) is 35.4 Å². The highest BCUT2D eigenvalue weighted by Gasteiger charge is 2.22. The quantitative estimate of drug-likeness (QED) is 0.799. The predicted octanol–water partition coefficient (Wildman–Crippen LogP) is 2.15. The molecule has 2 heterocycles. The van der Waals surface area contributed by atoms with Crippen LogP contribution >= 0.6 is 11.3 Å². The molecule has 1 aliphatic rings. The third-order valence-electron chi connectivity index (χ3n) is 3.93. The zero-order valence-corrected chi connectivity index (χ0v) is 12.8. The van der Waals surface area contributed by atoms with Gasteiger partial charge in [0.15, 0.2) is 0 Å². The van der Waals surface area contributed by atoms with Crippen LogP contribution in [0.2, 0.25) is 0 Å². The van der Waals surface area contributed by atoms with Crippen LogP contribution in [0.4, 0.5) is 5.95 Å². The summed E-state index contributed by atoms with van der Waals surface area (Å²) in [6.45, 7) is 0.675. The lowest BCUT2D eigenvalue weighted by Crippen LogP contribution is -2.28. The molecule has 0 unspecified atom stereocenters. The Morgan fingerprint density at radius 3 is 3.09 bits per heavy atom. The molecule has 1 aromatic carbocycles. The molecular formula is C15H16N6S. The molecule has 0 spiro atoms. The van der Waals surface area contributed by atoms with Crippen molar-refractivity contribution in [3.8, 4) is 0 Å². The molecule has 3 aromatic rings. The van der Waals surface area contributed by atoms with Crippen molar-refractivity contribution in [3.63, 3.8) is 0 Å². The first-order valence-electron chi connectivity index (χ1n) is 7.36. The van der Waals surface area contributed by atoms with Crippen LogP contribution in [-0.4, -0.2) is 31.2 Å². The van der Waals surface area contributed by atoms with Gasteiger partial charge in [0, 0.05) is 17.3 Å². The molecule has 1 N–H and O–H groups in total. The van der Waals surface area contributed by atoms with Crippen LogP contribution < -0.4 is 5.32 Å². The first-order valence-corrected chi connectivity index (χ1v) is 8.24. The van der Waals surface area contributed by atoms with E-state index in [0.29, 0.717) is 12.6 Å². The third-order valence-corrected chi connectivity index (χ3v) is 4.82. The van der Waals surface area contributed by atoms with Crippen molar-refractivity contribution in [2.75, 3.05) is 5.32 Å². The van der Waals surface area contributed by atoms with Crippen molar-refractivity contribution in [1.29, 1.82) is 0 Å². The Balaban J connectivity index is 1.47. The van der Waals surface area contributed by atoms with Crippen molar-refractivity contribution >= 4 is 17.3 Å². The summed E-state index contributed by atoms with van der Waals surface area (Å²) in [4.78, 5) is 5.79. The molecular weight excluding hydrogens is 296 g/mol. The maximum Gasteiger partial charge on any atom is 0.243 e. The van der Waals surface area contributed by atoms with Crippen LogP contribution in [0.5, 0.6) is 0 Å². The number of nitrogens with zero attached hydrogens (tertiary/aromatic N) is 5. The fourth-order valence-electron chi connectivity index (χ4n) is 2.78. The highest BCUT2D eigenvalue weighted by Crippen LogP contribution is 2.25. The zero-order valence-electron chi connectivity index (χ0n) is 12.0. The Hall–Kier alpha value is -2.28. The Morgan fingerprint density at radius 2 is 2.18 bits per heavy atom. The van der Waals surface area contributed by atoms with E-state index < -0.39 is 0 Å². The van der Waals surface area contributed by atoms with Crippen molar-refractivity contribution in [1.82, 2.24) is 25.2 Å². The molecule has 4 rings (SSSR count). The van der Waals surface area contributed by atoms with Crippen molar-refractivity contribution in [2.45, 2.75) is 31.8 Å². The van der Waals surface area contributed by atoms with E-state index in [9.17, 15) is 0 Å². The number of anilines is 1. The van der Waals surface area contributed by atoms with Gasteiger partial charge in [-0.3, -0.25) is 0 Å². The van der Waals surface area contributed by atoms with Crippen molar-refractivity contribution < 1.29 is 0 Å². The van der Waals surface area contributed by atoms with E-state index in [2.05, 4.69) is 38.0 Å². The number of hydrogen-bond donors (Lipinski definition) is 1. The molecule has 0 aliphatic heterocycles. The van der Waals surface area contributed by atoms with Crippen molar-refractivity contribution in [3.05, 3.63) is 52.0 Å². The minimum absolute atomic E-state index is 0.369. The molecule has 6 nitrogen and oxygen atoms in total. The molecule has 0 radical (unpaired) electrons. The maximum atomic E-state index is 4.41. The molecule has 0 bridgehead atoms. The fraction of sp³-hybridized carbons (Fsp3) is 0.333. The molecule has 1 aliphatic carbocycles. The van der Waals surface area contributed by atoms with Crippen LogP contribution in [0, 0.1) is 0 Å². The number of aromatic nitrogens is 5. The summed E-state index contributed by atoms with van der Waals surface area (Å²) in [6.07, 6.45) is 3.09. The van der Waals surface area contributed by atoms with Gasteiger partial charge in [-0.2, -0.15) is 0 Å². The minimum Gasteiger partial charge on any atom is -0.350 e. The summed E-state index contributed by atoms with van der Waals surface area (Å²) in [5, 5.41) is 15.5. The fourth-order valence-corrected chi connectivity index (χ4v) is 3.67. The average Bonchev–Trinajstić information content (AvgIpc) is 3.18. The number of thiazole rings is 1. The van der Waals surface area contributed by atoms with Gasteiger partial charge in [-0.05, 0) is 28.8 Å². The van der Waals surface area contributed by atoms with Gasteiger partial charge >= 0.3 is 0 Å². The zero-order chi connectivity index (χ0) is 14.8. The first kappa shape index (κ1) is 13.4. The van der Waals surface area contributed by atoms with E-state index in [4.69, 9.17) is 0 Å². The Kier molecular flexibility index (Phi) is 3.56. The molecule has 22 heavy (non-hydrogen) atoms. The van der Waals surface area contributed by atoms with Gasteiger partial charge in [-0.25, -0.2) is 9.67 Å². The molecule has 0 saturated carbocycles. The molecule has 112 valence electrons. The molecule has 1 atom stereocenters. The van der Waals surface area contributed by atoms with Gasteiger partial charge in [0.2, 0.25) is 5.95 Å². The van der Waals surface area contributed by atoms with E-state index in [0.717, 1.165) is 25.2 Å². The number of tetrazole rings is 1. The SMILES string of the molecule is c1ccc(Cn2nnnc2N[C@H]2CCc3ncsc3C2)cc1. The monoisotopic (exact) mass is 312 g/mol. The Bertz CT molecular complexity index is 750. The molecule has 0 saturated heterocycles. The highest BCUT2D eigenvalue weighted by atomic mass is 32.1. The number of aryl methyl sites for hydroxylation is 1. The summed E-state index contributed by atoms with van der Waals surface area (Å²) in [7, 11) is 0. The van der Waals surface area contributed by atoms with Gasteiger partial charge in [-0.15, -0.1) is 11.3 Å². The lowest BCUT2D eigenvalue weighted by Gasteiger charge is -2.22. The number of hydrogen-bond acceptors (Lipinski definition) is 6. The summed E-state index contributed by atoms with van der Waals surface area (Å²) >= 11 is 1.74. The summed E-state index contributed by atoms with van der Waals surface area (Å²) in [5.41, 5.74) is 4.38. The molecule has 2 aromatic heterocycles. The second-order valence-electron chi connectivity index (χ2n) is 5.45. The van der Waals surface area contributed by atoms with Crippen LogP contribution in [0.1, 0.15) is 22.6 Å². The maximum absolute atomic E-state index is 4.41. The third kappa shape index (κ3) is 2.71. The first-order chi connectivity index (χ1) is 10.9. The van der Waals surface area contributed by atoms with Crippen molar-refractivity contribution in [2.24, 2.45) is 0 Å². The summed E-state index contributed by atoms with van der Waals surface area (Å²) in [6, 6.07) is 10.6. The van der Waals surface area contributed by atoms with Gasteiger partial charge in [0.1, 0.15) is 0 Å². The Labute approximate surface area is 132 Å². The van der Waals surface area contributed by atoms with E-state index in [1.54, 1.807) is 11.3 Å². The van der Waals surface area contributed by atoms with Crippen LogP contribution in [-0.2, 0) is 19.4 Å². The number of nitrogens with one attached hydrogen (secondary N) is 1. The van der Waals surface area contributed by atoms with Crippen LogP contribution in [0.3, 0.4) is 0 Å². The minimum atomic E-state index is 0.369. The smallest absolute Gasteiger partial charge is 0.243 e. The van der Waals surface area contributed by atoms with E-state index in [-0.39, 0.29) is 0 Å². The number of benzene rings is 1. The lowest BCUT2D eigenvalue weighted by molar-refractivity contribution is 0.590. The standard InChI is InChI=1S/C15H16N6S/c1-2-4-11(5-3-1)9-21-15(18-19-20-21)17-12-6-7-13-14(8-12)22-10-16-13/h1-5,10,12H,6-9H2,(H,17,18,20)/t12-/m0/s1. The van der Waals surface area contributed by atoms with Crippen LogP contribution in [0.15, 0.2) is 35.8 Å². The lowest BCUT2D eigenvalue weighted by atomic mass is 9.98. The topological polar surface area (TPSA) is 68.5 Å². The molecule has 0 fully saturated rings. The van der Waals surface area contributed by atoms with Crippen LogP contribution in [0.25, 0.3) is 0 Å².